The van der Waals surface area contributed by atoms with Crippen LogP contribution in [0.25, 0.3) is 0 Å². The number of aromatic nitrogens is 2. The fourth-order valence-corrected chi connectivity index (χ4v) is 2.12. The van der Waals surface area contributed by atoms with Crippen molar-refractivity contribution in [2.75, 3.05) is 0 Å². The van der Waals surface area contributed by atoms with Gasteiger partial charge in [0.2, 0.25) is 5.88 Å². The minimum Gasteiger partial charge on any atom is -0.437 e. The molecule has 5 nitrogen and oxygen atoms in total. The highest BCUT2D eigenvalue weighted by Gasteiger charge is 2.12. The van der Waals surface area contributed by atoms with Gasteiger partial charge in [-0.3, -0.25) is 4.79 Å². The Morgan fingerprint density at radius 1 is 1.37 bits per heavy atom. The lowest BCUT2D eigenvalue weighted by molar-refractivity contribution is 0.449. The van der Waals surface area contributed by atoms with Crippen LogP contribution in [0.15, 0.2) is 23.3 Å². The van der Waals surface area contributed by atoms with Gasteiger partial charge in [0.25, 0.3) is 5.56 Å². The number of rotatable bonds is 2. The van der Waals surface area contributed by atoms with Crippen LogP contribution in [0.3, 0.4) is 0 Å². The molecule has 6 heteroatoms. The van der Waals surface area contributed by atoms with Gasteiger partial charge in [-0.25, -0.2) is 4.98 Å². The summed E-state index contributed by atoms with van der Waals surface area (Å²) in [5, 5.41) is 8.90. The second-order valence-electron chi connectivity index (χ2n) is 4.00. The molecule has 0 aliphatic rings. The fourth-order valence-electron chi connectivity index (χ4n) is 1.71. The third-order valence-corrected chi connectivity index (χ3v) is 3.50. The number of hydrogen-bond donors (Lipinski definition) is 1. The van der Waals surface area contributed by atoms with E-state index in [0.29, 0.717) is 14.9 Å². The first-order chi connectivity index (χ1) is 9.02. The largest absolute Gasteiger partial charge is 0.437 e. The number of aromatic amines is 1. The number of ether oxygens (including phenoxy) is 1. The molecule has 0 spiro atoms. The van der Waals surface area contributed by atoms with Crippen molar-refractivity contribution in [3.8, 4) is 17.7 Å². The van der Waals surface area contributed by atoms with Gasteiger partial charge in [-0.1, -0.05) is 0 Å². The number of aryl methyl sites for hydroxylation is 2. The summed E-state index contributed by atoms with van der Waals surface area (Å²) in [6.07, 6.45) is 1.30. The van der Waals surface area contributed by atoms with Gasteiger partial charge in [0.05, 0.1) is 18.0 Å². The van der Waals surface area contributed by atoms with Gasteiger partial charge in [-0.2, -0.15) is 5.26 Å². The van der Waals surface area contributed by atoms with Crippen LogP contribution in [0.4, 0.5) is 0 Å². The molecule has 0 aliphatic carbocycles. The summed E-state index contributed by atoms with van der Waals surface area (Å²) < 4.78 is 6.09. The number of benzene rings is 1. The van der Waals surface area contributed by atoms with Crippen LogP contribution in [0.1, 0.15) is 16.7 Å². The molecule has 0 radical (unpaired) electrons. The SMILES string of the molecule is Cc1cc(C#N)cc(C)c1Oc1nc[nH]c(=O)c1I. The molecule has 0 amide bonds. The maximum atomic E-state index is 11.5. The third-order valence-electron chi connectivity index (χ3n) is 2.55. The highest BCUT2D eigenvalue weighted by Crippen LogP contribution is 2.29. The zero-order valence-electron chi connectivity index (χ0n) is 10.3. The molecule has 1 heterocycles. The molecule has 1 aromatic heterocycles. The second-order valence-corrected chi connectivity index (χ2v) is 5.08. The molecule has 96 valence electrons. The number of nitrogens with one attached hydrogen (secondary N) is 1. The van der Waals surface area contributed by atoms with Crippen molar-refractivity contribution in [3.05, 3.63) is 49.1 Å². The lowest BCUT2D eigenvalue weighted by atomic mass is 10.1. The molecule has 0 aliphatic heterocycles. The van der Waals surface area contributed by atoms with Crippen LogP contribution >= 0.6 is 22.6 Å². The van der Waals surface area contributed by atoms with Crippen molar-refractivity contribution in [2.45, 2.75) is 13.8 Å². The number of hydrogen-bond acceptors (Lipinski definition) is 4. The molecule has 2 rings (SSSR count). The number of H-pyrrole nitrogens is 1. The van der Waals surface area contributed by atoms with E-state index < -0.39 is 0 Å². The highest BCUT2D eigenvalue weighted by atomic mass is 127. The minimum absolute atomic E-state index is 0.241. The Labute approximate surface area is 123 Å². The molecule has 0 saturated heterocycles. The minimum atomic E-state index is -0.241. The highest BCUT2D eigenvalue weighted by molar-refractivity contribution is 14.1. The standard InChI is InChI=1S/C13H10IN3O2/c1-7-3-9(5-15)4-8(2)11(7)19-13-10(14)12(18)16-6-17-13/h3-4,6H,1-2H3,(H,16,17,18). The predicted molar refractivity (Wildman–Crippen MR) is 78.3 cm³/mol. The Balaban J connectivity index is 2.48. The van der Waals surface area contributed by atoms with E-state index >= 15 is 0 Å². The smallest absolute Gasteiger partial charge is 0.268 e. The van der Waals surface area contributed by atoms with Crippen LogP contribution in [-0.2, 0) is 0 Å². The average molecular weight is 367 g/mol. The lowest BCUT2D eigenvalue weighted by Gasteiger charge is -2.11. The molecule has 0 atom stereocenters. The van der Waals surface area contributed by atoms with Gasteiger partial charge >= 0.3 is 0 Å². The first kappa shape index (κ1) is 13.5. The van der Waals surface area contributed by atoms with E-state index in [1.807, 2.05) is 36.4 Å². The Kier molecular flexibility index (Phi) is 3.85. The Bertz CT molecular complexity index is 708. The van der Waals surface area contributed by atoms with Gasteiger partial charge in [0.15, 0.2) is 0 Å². The van der Waals surface area contributed by atoms with Gasteiger partial charge in [-0.05, 0) is 59.7 Å². The topological polar surface area (TPSA) is 78.8 Å². The Morgan fingerprint density at radius 3 is 2.58 bits per heavy atom. The first-order valence-electron chi connectivity index (χ1n) is 5.45. The van der Waals surface area contributed by atoms with Crippen LogP contribution in [0.5, 0.6) is 11.6 Å². The van der Waals surface area contributed by atoms with E-state index in [4.69, 9.17) is 10.00 Å². The van der Waals surface area contributed by atoms with Gasteiger partial charge < -0.3 is 9.72 Å². The maximum Gasteiger partial charge on any atom is 0.268 e. The quantitative estimate of drug-likeness (QED) is 0.828. The summed E-state index contributed by atoms with van der Waals surface area (Å²) in [7, 11) is 0. The predicted octanol–water partition coefficient (Wildman–Crippen LogP) is 2.66. The zero-order valence-corrected chi connectivity index (χ0v) is 12.5. The molecule has 2 aromatic rings. The Hall–Kier alpha value is -1.88. The number of nitrogens with zero attached hydrogens (tertiary/aromatic N) is 2. The van der Waals surface area contributed by atoms with Crippen molar-refractivity contribution in [2.24, 2.45) is 0 Å². The third kappa shape index (κ3) is 2.76. The van der Waals surface area contributed by atoms with Crippen LogP contribution in [-0.4, -0.2) is 9.97 Å². The molecular formula is C13H10IN3O2. The summed E-state index contributed by atoms with van der Waals surface area (Å²) >= 11 is 1.89. The summed E-state index contributed by atoms with van der Waals surface area (Å²) in [6.45, 7) is 3.70. The van der Waals surface area contributed by atoms with E-state index in [1.165, 1.54) is 6.33 Å². The molecule has 0 fully saturated rings. The lowest BCUT2D eigenvalue weighted by Crippen LogP contribution is -2.11. The molecule has 0 bridgehead atoms. The monoisotopic (exact) mass is 367 g/mol. The molecule has 0 saturated carbocycles. The normalized spacial score (nSPS) is 10.0. The van der Waals surface area contributed by atoms with E-state index in [2.05, 4.69) is 16.0 Å². The van der Waals surface area contributed by atoms with Crippen molar-refractivity contribution < 1.29 is 4.74 Å². The zero-order chi connectivity index (χ0) is 14.0. The first-order valence-corrected chi connectivity index (χ1v) is 6.53. The van der Waals surface area contributed by atoms with Crippen molar-refractivity contribution in [1.29, 1.82) is 5.26 Å². The summed E-state index contributed by atoms with van der Waals surface area (Å²) in [5.74, 6) is 0.885. The van der Waals surface area contributed by atoms with Crippen molar-refractivity contribution in [1.82, 2.24) is 9.97 Å². The average Bonchev–Trinajstić information content (AvgIpc) is 2.38. The van der Waals surface area contributed by atoms with Gasteiger partial charge in [-0.15, -0.1) is 0 Å². The number of halogens is 1. The molecular weight excluding hydrogens is 357 g/mol. The fraction of sp³-hybridized carbons (Fsp3) is 0.154. The van der Waals surface area contributed by atoms with Crippen molar-refractivity contribution >= 4 is 22.6 Å². The van der Waals surface area contributed by atoms with Crippen LogP contribution in [0, 0.1) is 28.7 Å². The van der Waals surface area contributed by atoms with Gasteiger partial charge in [0.1, 0.15) is 9.32 Å². The van der Waals surface area contributed by atoms with Crippen LogP contribution < -0.4 is 10.3 Å². The molecule has 0 unspecified atom stereocenters. The second kappa shape index (κ2) is 5.40. The van der Waals surface area contributed by atoms with E-state index in [9.17, 15) is 4.79 Å². The van der Waals surface area contributed by atoms with E-state index in [-0.39, 0.29) is 11.4 Å². The summed E-state index contributed by atoms with van der Waals surface area (Å²) in [4.78, 5) is 18.0. The maximum absolute atomic E-state index is 11.5. The number of nitriles is 1. The Morgan fingerprint density at radius 2 is 2.00 bits per heavy atom. The van der Waals surface area contributed by atoms with Crippen LogP contribution in [0.2, 0.25) is 0 Å². The summed E-state index contributed by atoms with van der Waals surface area (Å²) in [6, 6.07) is 5.57. The van der Waals surface area contributed by atoms with Gasteiger partial charge in [0, 0.05) is 0 Å². The van der Waals surface area contributed by atoms with E-state index in [0.717, 1.165) is 11.1 Å². The summed E-state index contributed by atoms with van der Waals surface area (Å²) in [5.41, 5.74) is 1.99. The molecule has 1 N–H and O–H groups in total. The molecule has 19 heavy (non-hydrogen) atoms. The van der Waals surface area contributed by atoms with E-state index in [1.54, 1.807) is 12.1 Å². The van der Waals surface area contributed by atoms with Crippen molar-refractivity contribution in [3.63, 3.8) is 0 Å². The molecule has 1 aromatic carbocycles.